The van der Waals surface area contributed by atoms with Crippen LogP contribution in [-0.4, -0.2) is 47.5 Å². The average molecular weight is 384 g/mol. The molecule has 0 unspecified atom stereocenters. The lowest BCUT2D eigenvalue weighted by Gasteiger charge is -2.22. The third-order valence-corrected chi connectivity index (χ3v) is 3.98. The molecule has 0 aliphatic rings. The van der Waals surface area contributed by atoms with Crippen LogP contribution in [0.25, 0.3) is 0 Å². The fourth-order valence-electron chi connectivity index (χ4n) is 2.65. The third kappa shape index (κ3) is 6.12. The van der Waals surface area contributed by atoms with Crippen molar-refractivity contribution in [2.24, 2.45) is 0 Å². The van der Waals surface area contributed by atoms with Crippen molar-refractivity contribution >= 4 is 23.5 Å². The zero-order valence-corrected chi connectivity index (χ0v) is 16.0. The molecule has 0 aliphatic carbocycles. The molecule has 0 fully saturated rings. The molecule has 7 nitrogen and oxygen atoms in total. The summed E-state index contributed by atoms with van der Waals surface area (Å²) in [5.41, 5.74) is 1.98. The van der Waals surface area contributed by atoms with Crippen molar-refractivity contribution in [3.63, 3.8) is 0 Å². The van der Waals surface area contributed by atoms with E-state index >= 15 is 0 Å². The smallest absolute Gasteiger partial charge is 0.341 e. The van der Waals surface area contributed by atoms with Gasteiger partial charge in [0.15, 0.2) is 6.61 Å². The number of hydrogen-bond donors (Lipinski definition) is 2. The van der Waals surface area contributed by atoms with Crippen molar-refractivity contribution in [2.45, 2.75) is 20.3 Å². The molecule has 2 aromatic rings. The molecule has 0 saturated heterocycles. The van der Waals surface area contributed by atoms with Crippen LogP contribution in [0.4, 0.5) is 5.69 Å². The summed E-state index contributed by atoms with van der Waals surface area (Å²) < 4.78 is 5.12. The molecule has 0 heterocycles. The number of aryl methyl sites for hydroxylation is 1. The summed E-state index contributed by atoms with van der Waals surface area (Å²) in [4.78, 5) is 37.4. The van der Waals surface area contributed by atoms with E-state index in [4.69, 9.17) is 9.84 Å². The molecule has 0 saturated carbocycles. The molecule has 0 aromatic heterocycles. The van der Waals surface area contributed by atoms with Gasteiger partial charge >= 0.3 is 5.97 Å². The molecule has 2 aromatic carbocycles. The van der Waals surface area contributed by atoms with Crippen molar-refractivity contribution in [1.29, 1.82) is 0 Å². The molecule has 2 rings (SSSR count). The van der Waals surface area contributed by atoms with Crippen LogP contribution >= 0.6 is 0 Å². The number of carboxylic acid groups (broad SMARTS) is 1. The van der Waals surface area contributed by atoms with E-state index in [0.717, 1.165) is 5.56 Å². The van der Waals surface area contributed by atoms with Gasteiger partial charge in [-0.3, -0.25) is 9.59 Å². The highest BCUT2D eigenvalue weighted by atomic mass is 16.5. The minimum atomic E-state index is -1.10. The van der Waals surface area contributed by atoms with Gasteiger partial charge in [-0.1, -0.05) is 31.2 Å². The number of carboxylic acids is 1. The molecule has 7 heteroatoms. The van der Waals surface area contributed by atoms with Gasteiger partial charge in [0.05, 0.1) is 0 Å². The fraction of sp³-hybridized carbons (Fsp3) is 0.286. The molecule has 0 atom stereocenters. The summed E-state index contributed by atoms with van der Waals surface area (Å²) in [6.45, 7) is 3.66. The molecule has 0 radical (unpaired) electrons. The molecule has 28 heavy (non-hydrogen) atoms. The quantitative estimate of drug-likeness (QED) is 0.693. The highest BCUT2D eigenvalue weighted by Crippen LogP contribution is 2.16. The second-order valence-corrected chi connectivity index (χ2v) is 6.30. The second-order valence-electron chi connectivity index (χ2n) is 6.30. The van der Waals surface area contributed by atoms with Gasteiger partial charge in [0.2, 0.25) is 5.91 Å². The summed E-state index contributed by atoms with van der Waals surface area (Å²) >= 11 is 0. The van der Waals surface area contributed by atoms with E-state index in [1.54, 1.807) is 18.2 Å². The molecule has 2 N–H and O–H groups in total. The van der Waals surface area contributed by atoms with Gasteiger partial charge < -0.3 is 20.1 Å². The number of benzene rings is 2. The Morgan fingerprint density at radius 2 is 1.86 bits per heavy atom. The molecular formula is C21H24N2O5. The van der Waals surface area contributed by atoms with E-state index in [1.165, 1.54) is 11.0 Å². The first-order valence-electron chi connectivity index (χ1n) is 9.00. The van der Waals surface area contributed by atoms with Gasteiger partial charge in [-0.05, 0) is 43.2 Å². The van der Waals surface area contributed by atoms with Crippen molar-refractivity contribution in [1.82, 2.24) is 4.90 Å². The number of nitrogens with one attached hydrogen (secondary N) is 1. The van der Waals surface area contributed by atoms with Gasteiger partial charge in [0.1, 0.15) is 12.3 Å². The zero-order valence-electron chi connectivity index (χ0n) is 16.0. The second kappa shape index (κ2) is 10.1. The SMILES string of the molecule is CCCN(CC(=O)Nc1ccccc1C)C(=O)c1cccc(OCC(=O)O)c1. The zero-order chi connectivity index (χ0) is 20.5. The Morgan fingerprint density at radius 1 is 1.11 bits per heavy atom. The number of hydrogen-bond acceptors (Lipinski definition) is 4. The van der Waals surface area contributed by atoms with Gasteiger partial charge in [0.25, 0.3) is 5.91 Å². The van der Waals surface area contributed by atoms with E-state index in [0.29, 0.717) is 24.2 Å². The Labute approximate surface area is 163 Å². The largest absolute Gasteiger partial charge is 0.482 e. The predicted octanol–water partition coefficient (Wildman–Crippen LogP) is 2.95. The van der Waals surface area contributed by atoms with Gasteiger partial charge in [0, 0.05) is 17.8 Å². The number of anilines is 1. The maximum absolute atomic E-state index is 12.9. The van der Waals surface area contributed by atoms with Crippen molar-refractivity contribution in [3.05, 3.63) is 59.7 Å². The standard InChI is InChI=1S/C21H24N2O5/c1-3-11-23(13-19(24)22-18-10-5-4-7-15(18)2)21(27)16-8-6-9-17(12-16)28-14-20(25)26/h4-10,12H,3,11,13-14H2,1-2H3,(H,22,24)(H,25,26). The monoisotopic (exact) mass is 384 g/mol. The molecule has 0 bridgehead atoms. The molecule has 0 aliphatic heterocycles. The van der Waals surface area contributed by atoms with Crippen LogP contribution in [0.3, 0.4) is 0 Å². The van der Waals surface area contributed by atoms with E-state index in [9.17, 15) is 14.4 Å². The fourth-order valence-corrected chi connectivity index (χ4v) is 2.65. The van der Waals surface area contributed by atoms with E-state index in [2.05, 4.69) is 5.32 Å². The number of ether oxygens (including phenoxy) is 1. The number of amides is 2. The van der Waals surface area contributed by atoms with Crippen molar-refractivity contribution in [2.75, 3.05) is 25.0 Å². The van der Waals surface area contributed by atoms with E-state index in [-0.39, 0.29) is 24.1 Å². The van der Waals surface area contributed by atoms with E-state index < -0.39 is 12.6 Å². The first kappa shape index (κ1) is 21.0. The molecular weight excluding hydrogens is 360 g/mol. The summed E-state index contributed by atoms with van der Waals surface area (Å²) in [6, 6.07) is 13.7. The number of nitrogens with zero attached hydrogens (tertiary/aromatic N) is 1. The summed E-state index contributed by atoms with van der Waals surface area (Å²) in [6.07, 6.45) is 0.693. The van der Waals surface area contributed by atoms with Crippen LogP contribution in [0.1, 0.15) is 29.3 Å². The van der Waals surface area contributed by atoms with Gasteiger partial charge in [-0.2, -0.15) is 0 Å². The first-order valence-corrected chi connectivity index (χ1v) is 9.00. The third-order valence-electron chi connectivity index (χ3n) is 3.98. The number of para-hydroxylation sites is 1. The Morgan fingerprint density at radius 3 is 2.54 bits per heavy atom. The Bertz CT molecular complexity index is 850. The highest BCUT2D eigenvalue weighted by Gasteiger charge is 2.19. The lowest BCUT2D eigenvalue weighted by atomic mass is 10.1. The van der Waals surface area contributed by atoms with Crippen molar-refractivity contribution < 1.29 is 24.2 Å². The number of aliphatic carboxylic acids is 1. The minimum absolute atomic E-state index is 0.0821. The van der Waals surface area contributed by atoms with Crippen molar-refractivity contribution in [3.8, 4) is 5.75 Å². The summed E-state index contributed by atoms with van der Waals surface area (Å²) in [5, 5.41) is 11.5. The van der Waals surface area contributed by atoms with Crippen LogP contribution in [0.15, 0.2) is 48.5 Å². The first-order chi connectivity index (χ1) is 13.4. The summed E-state index contributed by atoms with van der Waals surface area (Å²) in [7, 11) is 0. The topological polar surface area (TPSA) is 95.9 Å². The lowest BCUT2D eigenvalue weighted by Crippen LogP contribution is -2.38. The van der Waals surface area contributed by atoms with Crippen LogP contribution in [0, 0.1) is 6.92 Å². The predicted molar refractivity (Wildman–Crippen MR) is 106 cm³/mol. The lowest BCUT2D eigenvalue weighted by molar-refractivity contribution is -0.139. The molecule has 2 amide bonds. The minimum Gasteiger partial charge on any atom is -0.482 e. The average Bonchev–Trinajstić information content (AvgIpc) is 2.67. The molecule has 148 valence electrons. The van der Waals surface area contributed by atoms with Crippen LogP contribution < -0.4 is 10.1 Å². The van der Waals surface area contributed by atoms with Gasteiger partial charge in [-0.25, -0.2) is 4.79 Å². The molecule has 0 spiro atoms. The van der Waals surface area contributed by atoms with Crippen LogP contribution in [0.2, 0.25) is 0 Å². The van der Waals surface area contributed by atoms with Crippen LogP contribution in [-0.2, 0) is 9.59 Å². The van der Waals surface area contributed by atoms with Gasteiger partial charge in [-0.15, -0.1) is 0 Å². The highest BCUT2D eigenvalue weighted by molar-refractivity contribution is 5.99. The van der Waals surface area contributed by atoms with E-state index in [1.807, 2.05) is 38.1 Å². The maximum atomic E-state index is 12.9. The number of carbonyl (C=O) groups excluding carboxylic acids is 2. The van der Waals surface area contributed by atoms with Crippen LogP contribution in [0.5, 0.6) is 5.75 Å². The Kier molecular flexibility index (Phi) is 7.56. The Balaban J connectivity index is 2.09. The Hall–Kier alpha value is -3.35. The number of carbonyl (C=O) groups is 3. The normalized spacial score (nSPS) is 10.2. The summed E-state index contributed by atoms with van der Waals surface area (Å²) in [5.74, 6) is -1.41. The maximum Gasteiger partial charge on any atom is 0.341 e. The number of rotatable bonds is 9.